The Labute approximate surface area is 106 Å². The maximum atomic E-state index is 11.5. The first kappa shape index (κ1) is 12.7. The van der Waals surface area contributed by atoms with Crippen molar-refractivity contribution in [3.05, 3.63) is 24.3 Å². The van der Waals surface area contributed by atoms with Gasteiger partial charge in [-0.05, 0) is 43.7 Å². The molecule has 98 valence electrons. The van der Waals surface area contributed by atoms with Crippen LogP contribution in [0.3, 0.4) is 0 Å². The van der Waals surface area contributed by atoms with Crippen LogP contribution in [-0.2, 0) is 4.74 Å². The van der Waals surface area contributed by atoms with Gasteiger partial charge in [-0.2, -0.15) is 0 Å². The van der Waals surface area contributed by atoms with Crippen LogP contribution >= 0.6 is 0 Å². The highest BCUT2D eigenvalue weighted by atomic mass is 16.5. The molecule has 2 rings (SSSR count). The van der Waals surface area contributed by atoms with Crippen LogP contribution in [0.15, 0.2) is 24.3 Å². The van der Waals surface area contributed by atoms with Gasteiger partial charge in [-0.1, -0.05) is 0 Å². The van der Waals surface area contributed by atoms with Crippen LogP contribution in [0.5, 0.6) is 5.75 Å². The molecule has 1 unspecified atom stereocenters. The number of ether oxygens (including phenoxy) is 2. The molecule has 1 saturated heterocycles. The van der Waals surface area contributed by atoms with Gasteiger partial charge in [-0.15, -0.1) is 0 Å². The molecule has 1 aliphatic heterocycles. The zero-order chi connectivity index (χ0) is 12.8. The highest BCUT2D eigenvalue weighted by molar-refractivity contribution is 5.84. The molecule has 0 aromatic heterocycles. The van der Waals surface area contributed by atoms with Crippen molar-refractivity contribution in [3.63, 3.8) is 0 Å². The second-order valence-electron chi connectivity index (χ2n) is 4.25. The van der Waals surface area contributed by atoms with Gasteiger partial charge in [0.25, 0.3) is 0 Å². The SMILES string of the molecule is COc1ccc(NC(=O)OCC2CCCN2)cc1. The summed E-state index contributed by atoms with van der Waals surface area (Å²) >= 11 is 0. The molecule has 0 saturated carbocycles. The predicted octanol–water partition coefficient (Wildman–Crippen LogP) is 2.00. The Morgan fingerprint density at radius 3 is 2.83 bits per heavy atom. The molecule has 2 N–H and O–H groups in total. The van der Waals surface area contributed by atoms with Gasteiger partial charge in [0.1, 0.15) is 12.4 Å². The van der Waals surface area contributed by atoms with E-state index in [0.29, 0.717) is 18.3 Å². The molecule has 1 aromatic carbocycles. The van der Waals surface area contributed by atoms with Gasteiger partial charge in [0.15, 0.2) is 0 Å². The smallest absolute Gasteiger partial charge is 0.411 e. The summed E-state index contributed by atoms with van der Waals surface area (Å²) in [5.74, 6) is 0.754. The van der Waals surface area contributed by atoms with Gasteiger partial charge in [0.2, 0.25) is 0 Å². The Balaban J connectivity index is 1.75. The number of amides is 1. The maximum Gasteiger partial charge on any atom is 0.411 e. The minimum absolute atomic E-state index is 0.298. The molecular weight excluding hydrogens is 232 g/mol. The number of methoxy groups -OCH3 is 1. The number of carbonyl (C=O) groups is 1. The summed E-state index contributed by atoms with van der Waals surface area (Å²) in [4.78, 5) is 11.5. The Hall–Kier alpha value is -1.75. The maximum absolute atomic E-state index is 11.5. The first-order chi connectivity index (χ1) is 8.78. The van der Waals surface area contributed by atoms with Crippen LogP contribution in [0.25, 0.3) is 0 Å². The molecular formula is C13H18N2O3. The fourth-order valence-corrected chi connectivity index (χ4v) is 1.90. The minimum atomic E-state index is -0.422. The second-order valence-corrected chi connectivity index (χ2v) is 4.25. The lowest BCUT2D eigenvalue weighted by Crippen LogP contribution is -2.29. The van der Waals surface area contributed by atoms with Crippen LogP contribution in [0, 0.1) is 0 Å². The van der Waals surface area contributed by atoms with Crippen molar-refractivity contribution in [2.75, 3.05) is 25.6 Å². The molecule has 1 atom stereocenters. The normalized spacial score (nSPS) is 18.4. The lowest BCUT2D eigenvalue weighted by atomic mass is 10.2. The zero-order valence-electron chi connectivity index (χ0n) is 10.4. The van der Waals surface area contributed by atoms with Gasteiger partial charge in [0.05, 0.1) is 7.11 Å². The summed E-state index contributed by atoms with van der Waals surface area (Å²) < 4.78 is 10.2. The monoisotopic (exact) mass is 250 g/mol. The van der Waals surface area contributed by atoms with Crippen LogP contribution in [0.4, 0.5) is 10.5 Å². The second kappa shape index (κ2) is 6.26. The molecule has 5 nitrogen and oxygen atoms in total. The summed E-state index contributed by atoms with van der Waals surface area (Å²) in [6.45, 7) is 1.43. The quantitative estimate of drug-likeness (QED) is 0.858. The van der Waals surface area contributed by atoms with E-state index in [9.17, 15) is 4.79 Å². The van der Waals surface area contributed by atoms with E-state index in [1.54, 1.807) is 31.4 Å². The minimum Gasteiger partial charge on any atom is -0.497 e. The third-order valence-electron chi connectivity index (χ3n) is 2.91. The summed E-state index contributed by atoms with van der Waals surface area (Å²) in [6, 6.07) is 7.41. The van der Waals surface area contributed by atoms with Crippen molar-refractivity contribution in [1.29, 1.82) is 0 Å². The molecule has 0 radical (unpaired) electrons. The highest BCUT2D eigenvalue weighted by Gasteiger charge is 2.15. The molecule has 5 heteroatoms. The first-order valence-electron chi connectivity index (χ1n) is 6.09. The van der Waals surface area contributed by atoms with Gasteiger partial charge < -0.3 is 14.8 Å². The number of carbonyl (C=O) groups excluding carboxylic acids is 1. The Bertz CT molecular complexity index is 386. The van der Waals surface area contributed by atoms with Crippen molar-refractivity contribution in [3.8, 4) is 5.75 Å². The lowest BCUT2D eigenvalue weighted by Gasteiger charge is -2.11. The van der Waals surface area contributed by atoms with E-state index in [2.05, 4.69) is 10.6 Å². The van der Waals surface area contributed by atoms with Gasteiger partial charge >= 0.3 is 6.09 Å². The largest absolute Gasteiger partial charge is 0.497 e. The lowest BCUT2D eigenvalue weighted by molar-refractivity contribution is 0.151. The number of hydrogen-bond donors (Lipinski definition) is 2. The highest BCUT2D eigenvalue weighted by Crippen LogP contribution is 2.15. The van der Waals surface area contributed by atoms with Gasteiger partial charge in [0, 0.05) is 11.7 Å². The molecule has 1 aromatic rings. The van der Waals surface area contributed by atoms with E-state index in [1.807, 2.05) is 0 Å². The summed E-state index contributed by atoms with van der Waals surface area (Å²) in [5.41, 5.74) is 0.695. The van der Waals surface area contributed by atoms with E-state index in [0.717, 1.165) is 25.1 Å². The van der Waals surface area contributed by atoms with E-state index >= 15 is 0 Å². The topological polar surface area (TPSA) is 59.6 Å². The third kappa shape index (κ3) is 3.63. The van der Waals surface area contributed by atoms with E-state index in [1.165, 1.54) is 0 Å². The van der Waals surface area contributed by atoms with Crippen LogP contribution in [0.2, 0.25) is 0 Å². The van der Waals surface area contributed by atoms with Crippen molar-refractivity contribution in [2.45, 2.75) is 18.9 Å². The Kier molecular flexibility index (Phi) is 4.41. The van der Waals surface area contributed by atoms with Crippen molar-refractivity contribution < 1.29 is 14.3 Å². The summed E-state index contributed by atoms with van der Waals surface area (Å²) in [7, 11) is 1.60. The van der Waals surface area contributed by atoms with E-state index < -0.39 is 6.09 Å². The van der Waals surface area contributed by atoms with Crippen LogP contribution < -0.4 is 15.4 Å². The average molecular weight is 250 g/mol. The van der Waals surface area contributed by atoms with Gasteiger partial charge in [-0.3, -0.25) is 5.32 Å². The molecule has 0 bridgehead atoms. The summed E-state index contributed by atoms with van der Waals surface area (Å²) in [5, 5.41) is 5.94. The molecule has 1 heterocycles. The average Bonchev–Trinajstić information content (AvgIpc) is 2.90. The Morgan fingerprint density at radius 2 is 2.22 bits per heavy atom. The molecule has 1 fully saturated rings. The molecule has 18 heavy (non-hydrogen) atoms. The number of rotatable bonds is 4. The predicted molar refractivity (Wildman–Crippen MR) is 69.0 cm³/mol. The molecule has 0 aliphatic carbocycles. The zero-order valence-corrected chi connectivity index (χ0v) is 10.4. The third-order valence-corrected chi connectivity index (χ3v) is 2.91. The molecule has 1 aliphatic rings. The van der Waals surface area contributed by atoms with Crippen molar-refractivity contribution >= 4 is 11.8 Å². The standard InChI is InChI=1S/C13H18N2O3/c1-17-12-6-4-10(5-7-12)15-13(16)18-9-11-3-2-8-14-11/h4-7,11,14H,2-3,8-9H2,1H3,(H,15,16). The number of anilines is 1. The number of nitrogens with one attached hydrogen (secondary N) is 2. The van der Waals surface area contributed by atoms with Crippen molar-refractivity contribution in [2.24, 2.45) is 0 Å². The van der Waals surface area contributed by atoms with E-state index in [4.69, 9.17) is 9.47 Å². The molecule has 0 spiro atoms. The summed E-state index contributed by atoms with van der Waals surface area (Å²) in [6.07, 6.45) is 1.79. The fourth-order valence-electron chi connectivity index (χ4n) is 1.90. The van der Waals surface area contributed by atoms with E-state index in [-0.39, 0.29) is 0 Å². The molecule has 1 amide bonds. The van der Waals surface area contributed by atoms with Crippen molar-refractivity contribution in [1.82, 2.24) is 5.32 Å². The van der Waals surface area contributed by atoms with Gasteiger partial charge in [-0.25, -0.2) is 4.79 Å². The number of benzene rings is 1. The number of hydrogen-bond acceptors (Lipinski definition) is 4. The van der Waals surface area contributed by atoms with Crippen LogP contribution in [-0.4, -0.2) is 32.4 Å². The Morgan fingerprint density at radius 1 is 1.44 bits per heavy atom. The first-order valence-corrected chi connectivity index (χ1v) is 6.09. The van der Waals surface area contributed by atoms with Crippen LogP contribution in [0.1, 0.15) is 12.8 Å². The fraction of sp³-hybridized carbons (Fsp3) is 0.462.